The number of carbonyl (C=O) groups is 2. The van der Waals surface area contributed by atoms with Gasteiger partial charge in [0, 0.05) is 0 Å². The Hall–Kier alpha value is -2.10. The number of rotatable bonds is 3. The van der Waals surface area contributed by atoms with Crippen LogP contribution in [0.2, 0.25) is 0 Å². The molecule has 18 heavy (non-hydrogen) atoms. The molecule has 0 saturated carbocycles. The van der Waals surface area contributed by atoms with Gasteiger partial charge in [0.1, 0.15) is 6.61 Å². The highest BCUT2D eigenvalue weighted by Crippen LogP contribution is 2.17. The highest BCUT2D eigenvalue weighted by Gasteiger charge is 2.36. The minimum Gasteiger partial charge on any atom is -0.447 e. The van der Waals surface area contributed by atoms with Crippen LogP contribution in [0.4, 0.5) is 4.79 Å². The van der Waals surface area contributed by atoms with Crippen LogP contribution in [0.3, 0.4) is 0 Å². The molecule has 0 spiro atoms. The molecule has 0 bridgehead atoms. The third-order valence-corrected chi connectivity index (χ3v) is 2.82. The van der Waals surface area contributed by atoms with Gasteiger partial charge < -0.3 is 4.74 Å². The van der Waals surface area contributed by atoms with E-state index in [4.69, 9.17) is 4.74 Å². The fourth-order valence-electron chi connectivity index (χ4n) is 1.99. The van der Waals surface area contributed by atoms with Crippen molar-refractivity contribution in [3.8, 4) is 0 Å². The van der Waals surface area contributed by atoms with Gasteiger partial charge in [-0.1, -0.05) is 36.4 Å². The average molecular weight is 245 g/mol. The maximum atomic E-state index is 11.8. The second kappa shape index (κ2) is 5.49. The molecule has 1 aliphatic rings. The van der Waals surface area contributed by atoms with Gasteiger partial charge in [0.15, 0.2) is 0 Å². The Morgan fingerprint density at radius 2 is 2.17 bits per heavy atom. The van der Waals surface area contributed by atoms with E-state index in [1.165, 1.54) is 11.0 Å². The van der Waals surface area contributed by atoms with Gasteiger partial charge in [-0.05, 0) is 25.0 Å². The minimum absolute atomic E-state index is 0.219. The monoisotopic (exact) mass is 245 g/mol. The Bertz CT molecular complexity index is 467. The molecule has 4 nitrogen and oxygen atoms in total. The maximum absolute atomic E-state index is 11.8. The summed E-state index contributed by atoms with van der Waals surface area (Å²) in [4.78, 5) is 24.5. The summed E-state index contributed by atoms with van der Waals surface area (Å²) in [6.45, 7) is 2.00. The first-order chi connectivity index (χ1) is 8.72. The second-order valence-corrected chi connectivity index (χ2v) is 4.13. The molecule has 2 rings (SSSR count). The average Bonchev–Trinajstić information content (AvgIpc) is 2.72. The summed E-state index contributed by atoms with van der Waals surface area (Å²) in [6, 6.07) is 9.53. The van der Waals surface area contributed by atoms with E-state index in [1.54, 1.807) is 13.0 Å². The summed E-state index contributed by atoms with van der Waals surface area (Å²) in [5.74, 6) is -0.319. The van der Waals surface area contributed by atoms with Gasteiger partial charge >= 0.3 is 6.09 Å². The van der Waals surface area contributed by atoms with Crippen molar-refractivity contribution in [2.75, 3.05) is 6.61 Å². The number of hydrogen-bond donors (Lipinski definition) is 0. The van der Waals surface area contributed by atoms with Crippen molar-refractivity contribution in [2.45, 2.75) is 19.4 Å². The fraction of sp³-hybridized carbons (Fsp3) is 0.286. The Balaban J connectivity index is 2.12. The number of nitrogens with zero attached hydrogens (tertiary/aromatic N) is 1. The van der Waals surface area contributed by atoms with E-state index in [1.807, 2.05) is 30.3 Å². The van der Waals surface area contributed by atoms with E-state index in [-0.39, 0.29) is 18.6 Å². The summed E-state index contributed by atoms with van der Waals surface area (Å²) in [5, 5.41) is 0. The zero-order valence-electron chi connectivity index (χ0n) is 10.2. The molecule has 1 aromatic carbocycles. The molecular weight excluding hydrogens is 230 g/mol. The molecular formula is C14H15NO3. The zero-order chi connectivity index (χ0) is 13.0. The lowest BCUT2D eigenvalue weighted by atomic mass is 10.1. The lowest BCUT2D eigenvalue weighted by Gasteiger charge is -2.17. The van der Waals surface area contributed by atoms with Crippen molar-refractivity contribution >= 4 is 12.0 Å². The molecule has 0 aromatic heterocycles. The third-order valence-electron chi connectivity index (χ3n) is 2.82. The lowest BCUT2D eigenvalue weighted by molar-refractivity contribution is -0.124. The van der Waals surface area contributed by atoms with Crippen LogP contribution in [0.1, 0.15) is 12.5 Å². The summed E-state index contributed by atoms with van der Waals surface area (Å²) < 4.78 is 4.95. The largest absolute Gasteiger partial charge is 0.447 e. The summed E-state index contributed by atoms with van der Waals surface area (Å²) in [7, 11) is 0. The maximum Gasteiger partial charge on any atom is 0.417 e. The number of hydrogen-bond acceptors (Lipinski definition) is 3. The number of amides is 2. The van der Waals surface area contributed by atoms with E-state index < -0.39 is 6.09 Å². The Morgan fingerprint density at radius 1 is 1.44 bits per heavy atom. The lowest BCUT2D eigenvalue weighted by Crippen LogP contribution is -2.39. The highest BCUT2D eigenvalue weighted by molar-refractivity contribution is 5.99. The van der Waals surface area contributed by atoms with Crippen molar-refractivity contribution in [3.63, 3.8) is 0 Å². The van der Waals surface area contributed by atoms with Crippen LogP contribution in [0.15, 0.2) is 42.5 Å². The van der Waals surface area contributed by atoms with Crippen LogP contribution in [0.25, 0.3) is 0 Å². The molecule has 0 N–H and O–H groups in total. The molecule has 0 aliphatic carbocycles. The molecule has 2 amide bonds. The van der Waals surface area contributed by atoms with Crippen LogP contribution in [0.5, 0.6) is 0 Å². The molecule has 0 radical (unpaired) electrons. The number of cyclic esters (lactones) is 1. The normalized spacial score (nSPS) is 19.3. The van der Waals surface area contributed by atoms with E-state index in [2.05, 4.69) is 0 Å². The van der Waals surface area contributed by atoms with Crippen LogP contribution >= 0.6 is 0 Å². The second-order valence-electron chi connectivity index (χ2n) is 4.13. The number of carbonyl (C=O) groups excluding carboxylic acids is 2. The number of imide groups is 1. The van der Waals surface area contributed by atoms with Gasteiger partial charge in [0.05, 0.1) is 6.04 Å². The summed E-state index contributed by atoms with van der Waals surface area (Å²) >= 11 is 0. The standard InChI is InChI=1S/C14H15NO3/c1-2-6-13(16)15-12(10-18-14(15)17)9-11-7-4-3-5-8-11/h2-8,12H,9-10H2,1H3/b6-2+/t12-/m0/s1. The van der Waals surface area contributed by atoms with Crippen LogP contribution < -0.4 is 0 Å². The molecule has 1 saturated heterocycles. The van der Waals surface area contributed by atoms with Crippen molar-refractivity contribution in [1.82, 2.24) is 4.90 Å². The SMILES string of the molecule is C/C=C/C(=O)N1C(=O)OC[C@@H]1Cc1ccccc1. The molecule has 1 aliphatic heterocycles. The molecule has 0 unspecified atom stereocenters. The first-order valence-electron chi connectivity index (χ1n) is 5.89. The minimum atomic E-state index is -0.556. The number of allylic oxidation sites excluding steroid dienone is 1. The number of benzene rings is 1. The van der Waals surface area contributed by atoms with Crippen LogP contribution in [0, 0.1) is 0 Å². The van der Waals surface area contributed by atoms with Gasteiger partial charge in [-0.2, -0.15) is 0 Å². The van der Waals surface area contributed by atoms with Gasteiger partial charge in [-0.3, -0.25) is 4.79 Å². The fourth-order valence-corrected chi connectivity index (χ4v) is 1.99. The molecule has 94 valence electrons. The van der Waals surface area contributed by atoms with Crippen molar-refractivity contribution < 1.29 is 14.3 Å². The number of ether oxygens (including phenoxy) is 1. The highest BCUT2D eigenvalue weighted by atomic mass is 16.6. The van der Waals surface area contributed by atoms with E-state index >= 15 is 0 Å². The molecule has 4 heteroatoms. The Morgan fingerprint density at radius 3 is 2.83 bits per heavy atom. The summed E-state index contributed by atoms with van der Waals surface area (Å²) in [5.41, 5.74) is 1.08. The first-order valence-corrected chi connectivity index (χ1v) is 5.89. The zero-order valence-corrected chi connectivity index (χ0v) is 10.2. The van der Waals surface area contributed by atoms with Gasteiger partial charge in [-0.15, -0.1) is 0 Å². The van der Waals surface area contributed by atoms with Crippen molar-refractivity contribution in [2.24, 2.45) is 0 Å². The van der Waals surface area contributed by atoms with Gasteiger partial charge in [0.2, 0.25) is 0 Å². The first kappa shape index (κ1) is 12.4. The smallest absolute Gasteiger partial charge is 0.417 e. The summed E-state index contributed by atoms with van der Waals surface area (Å²) in [6.07, 6.45) is 3.06. The van der Waals surface area contributed by atoms with E-state index in [0.717, 1.165) is 5.56 Å². The third kappa shape index (κ3) is 2.59. The van der Waals surface area contributed by atoms with Gasteiger partial charge in [0.25, 0.3) is 5.91 Å². The molecule has 1 heterocycles. The topological polar surface area (TPSA) is 46.6 Å². The Labute approximate surface area is 106 Å². The van der Waals surface area contributed by atoms with E-state index in [9.17, 15) is 9.59 Å². The van der Waals surface area contributed by atoms with Crippen LogP contribution in [-0.4, -0.2) is 29.5 Å². The van der Waals surface area contributed by atoms with Crippen molar-refractivity contribution in [3.05, 3.63) is 48.0 Å². The van der Waals surface area contributed by atoms with Gasteiger partial charge in [-0.25, -0.2) is 9.69 Å². The predicted molar refractivity (Wildman–Crippen MR) is 66.9 cm³/mol. The quantitative estimate of drug-likeness (QED) is 0.766. The molecule has 1 atom stereocenters. The van der Waals surface area contributed by atoms with Crippen LogP contribution in [-0.2, 0) is 16.0 Å². The van der Waals surface area contributed by atoms with Crippen molar-refractivity contribution in [1.29, 1.82) is 0 Å². The Kier molecular flexibility index (Phi) is 3.77. The molecule has 1 aromatic rings. The molecule has 1 fully saturated rings. The van der Waals surface area contributed by atoms with E-state index in [0.29, 0.717) is 6.42 Å². The predicted octanol–water partition coefficient (Wildman–Crippen LogP) is 2.15.